The Morgan fingerprint density at radius 1 is 2.00 bits per heavy atom. The van der Waals surface area contributed by atoms with Crippen LogP contribution in [0.1, 0.15) is 0 Å². The maximum atomic E-state index is 3.27. The molecule has 0 radical (unpaired) electrons. The Bertz CT molecular complexity index is 10.8. The van der Waals surface area contributed by atoms with Crippen molar-refractivity contribution in [1.82, 2.24) is 0 Å². The van der Waals surface area contributed by atoms with Gasteiger partial charge in [0.05, 0.1) is 7.74 Å². The molecule has 0 saturated carbocycles. The molecule has 0 aliphatic rings. The van der Waals surface area contributed by atoms with Crippen LogP contribution in [0.4, 0.5) is 0 Å². The molecule has 22 valence electrons. The van der Waals surface area contributed by atoms with Crippen LogP contribution in [0.15, 0.2) is 0 Å². The third kappa shape index (κ3) is 18.2. The molecule has 0 N–H and O–H groups in total. The van der Waals surface area contributed by atoms with E-state index in [1.807, 2.05) is 0 Å². The minimum atomic E-state index is 0.646. The van der Waals surface area contributed by atoms with Gasteiger partial charge in [0.1, 0.15) is 0 Å². The molecule has 0 fully saturated rings. The molecule has 0 saturated heterocycles. The third-order valence-electron chi connectivity index (χ3n) is 0. The molecular formula is CH5B2Br. The van der Waals surface area contributed by atoms with Crippen LogP contribution in [0, 0.1) is 0 Å². The summed E-state index contributed by atoms with van der Waals surface area (Å²) >= 11 is 3.27. The molecule has 0 aromatic carbocycles. The fourth-order valence-corrected chi connectivity index (χ4v) is 0. The number of rotatable bonds is 0. The van der Waals surface area contributed by atoms with Crippen molar-refractivity contribution < 1.29 is 0 Å². The fourth-order valence-electron chi connectivity index (χ4n) is 0. The standard InChI is InChI=1S/CH5B2Br/c1-3(2)4/h2H2,1H3. The van der Waals surface area contributed by atoms with Crippen molar-refractivity contribution in [2.24, 2.45) is 0 Å². The Kier molecular flexibility index (Phi) is 2.17. The van der Waals surface area contributed by atoms with Crippen LogP contribution in [-0.2, 0) is 0 Å². The molecule has 3 heteroatoms. The molecule has 0 amide bonds. The summed E-state index contributed by atoms with van der Waals surface area (Å²) < 4.78 is 0. The Morgan fingerprint density at radius 2 is 2.00 bits per heavy atom. The van der Waals surface area contributed by atoms with Gasteiger partial charge in [-0.25, -0.2) is 0 Å². The lowest BCUT2D eigenvalue weighted by Gasteiger charge is -1.68. The first-order chi connectivity index (χ1) is 1.73. The van der Waals surface area contributed by atoms with E-state index in [0.29, 0.717) is 5.43 Å². The van der Waals surface area contributed by atoms with Gasteiger partial charge in [0.25, 0.3) is 0 Å². The topological polar surface area (TPSA) is 0 Å². The molecule has 0 bridgehead atoms. The highest BCUT2D eigenvalue weighted by Gasteiger charge is 1.80. The summed E-state index contributed by atoms with van der Waals surface area (Å²) in [5.41, 5.74) is 0.646. The molecule has 0 nitrogen and oxygen atoms in total. The van der Waals surface area contributed by atoms with Crippen molar-refractivity contribution in [2.75, 3.05) is 0 Å². The van der Waals surface area contributed by atoms with Gasteiger partial charge < -0.3 is 0 Å². The van der Waals surface area contributed by atoms with Gasteiger partial charge in [-0.3, -0.25) is 0 Å². The predicted octanol–water partition coefficient (Wildman–Crippen LogP) is 0.132. The van der Waals surface area contributed by atoms with Crippen LogP contribution < -0.4 is 0 Å². The van der Waals surface area contributed by atoms with E-state index >= 15 is 0 Å². The van der Waals surface area contributed by atoms with E-state index in [1.54, 1.807) is 0 Å². The molecule has 0 aliphatic heterocycles. The van der Waals surface area contributed by atoms with E-state index in [9.17, 15) is 0 Å². The van der Waals surface area contributed by atoms with Crippen LogP contribution in [0.5, 0.6) is 0 Å². The van der Waals surface area contributed by atoms with Crippen molar-refractivity contribution in [3.05, 3.63) is 0 Å². The molecular weight excluding hydrogens is 114 g/mol. The van der Waals surface area contributed by atoms with Gasteiger partial charge >= 0.3 is 0 Å². The number of hydrogen-bond acceptors (Lipinski definition) is 0. The second-order valence-corrected chi connectivity index (χ2v) is 2.85. The zero-order valence-electron chi connectivity index (χ0n) is 2.96. The van der Waals surface area contributed by atoms with Gasteiger partial charge in [0.15, 0.2) is 5.43 Å². The van der Waals surface area contributed by atoms with Gasteiger partial charge in [0.2, 0.25) is 0 Å². The summed E-state index contributed by atoms with van der Waals surface area (Å²) in [4.78, 5) is 0. The largest absolute Gasteiger partial charge is 0.178 e. The molecule has 0 aliphatic carbocycles. The van der Waals surface area contributed by atoms with E-state index in [0.717, 1.165) is 0 Å². The average Bonchev–Trinajstić information content (AvgIpc) is 0.811. The van der Waals surface area contributed by atoms with Crippen LogP contribution in [0.25, 0.3) is 0 Å². The lowest BCUT2D eigenvalue weighted by molar-refractivity contribution is 2.35. The predicted molar refractivity (Wildman–Crippen MR) is 29.1 cm³/mol. The van der Waals surface area contributed by atoms with Gasteiger partial charge in [-0.15, -0.1) is 0 Å². The molecule has 0 aromatic rings. The summed E-state index contributed by atoms with van der Waals surface area (Å²) in [5.74, 6) is 0. The van der Waals surface area contributed by atoms with Crippen molar-refractivity contribution >= 4 is 28.9 Å². The monoisotopic (exact) mass is 118 g/mol. The summed E-state index contributed by atoms with van der Waals surface area (Å²) in [6.45, 7) is 2.08. The second-order valence-electron chi connectivity index (χ2n) is 1.01. The SMILES string of the molecule is BB(C)Br. The van der Waals surface area contributed by atoms with Gasteiger partial charge in [-0.05, 0) is 0 Å². The zero-order chi connectivity index (χ0) is 3.58. The Morgan fingerprint density at radius 3 is 2.00 bits per heavy atom. The van der Waals surface area contributed by atoms with Gasteiger partial charge in [-0.2, -0.15) is 15.8 Å². The van der Waals surface area contributed by atoms with Crippen LogP contribution in [0.3, 0.4) is 0 Å². The maximum Gasteiger partial charge on any atom is 0.178 e. The molecule has 0 heterocycles. The number of hydrogen-bond donors (Lipinski definition) is 0. The van der Waals surface area contributed by atoms with E-state index in [2.05, 4.69) is 30.3 Å². The summed E-state index contributed by atoms with van der Waals surface area (Å²) in [6.07, 6.45) is 0. The minimum Gasteiger partial charge on any atom is -0.168 e. The third-order valence-corrected chi connectivity index (χ3v) is 0. The fraction of sp³-hybridized carbons (Fsp3) is 1.00. The Labute approximate surface area is 36.4 Å². The first kappa shape index (κ1) is 4.61. The van der Waals surface area contributed by atoms with Gasteiger partial charge in [0, 0.05) is 0 Å². The molecule has 0 aromatic heterocycles. The molecule has 4 heavy (non-hydrogen) atoms. The van der Waals surface area contributed by atoms with E-state index < -0.39 is 0 Å². The quantitative estimate of drug-likeness (QED) is 0.397. The van der Waals surface area contributed by atoms with Crippen LogP contribution in [-0.4, -0.2) is 13.2 Å². The normalized spacial score (nSPS) is 6.50. The average molecular weight is 119 g/mol. The molecule has 0 rings (SSSR count). The highest BCUT2D eigenvalue weighted by Crippen LogP contribution is 1.79. The first-order valence-corrected chi connectivity index (χ1v) is 2.29. The van der Waals surface area contributed by atoms with E-state index in [4.69, 9.17) is 0 Å². The first-order valence-electron chi connectivity index (χ1n) is 1.37. The lowest BCUT2D eigenvalue weighted by Crippen LogP contribution is -1.89. The second kappa shape index (κ2) is 1.89. The van der Waals surface area contributed by atoms with Crippen LogP contribution in [0.2, 0.25) is 6.82 Å². The molecule has 0 unspecified atom stereocenters. The highest BCUT2D eigenvalue weighted by atomic mass is 79.9. The smallest absolute Gasteiger partial charge is 0.168 e. The van der Waals surface area contributed by atoms with E-state index in [-0.39, 0.29) is 0 Å². The maximum absolute atomic E-state index is 3.27. The van der Waals surface area contributed by atoms with Crippen molar-refractivity contribution in [1.29, 1.82) is 0 Å². The van der Waals surface area contributed by atoms with Crippen molar-refractivity contribution in [3.63, 3.8) is 0 Å². The highest BCUT2D eigenvalue weighted by molar-refractivity contribution is 9.25. The van der Waals surface area contributed by atoms with Gasteiger partial charge in [-0.1, -0.05) is 6.82 Å². The van der Waals surface area contributed by atoms with Crippen LogP contribution >= 0.6 is 15.8 Å². The molecule has 0 atom stereocenters. The summed E-state index contributed by atoms with van der Waals surface area (Å²) in [6, 6.07) is 0. The minimum absolute atomic E-state index is 0.646. The Balaban J connectivity index is 2.32. The zero-order valence-corrected chi connectivity index (χ0v) is 4.54. The lowest BCUT2D eigenvalue weighted by atomic mass is 9.58. The summed E-state index contributed by atoms with van der Waals surface area (Å²) in [7, 11) is 2.08. The van der Waals surface area contributed by atoms with Crippen molar-refractivity contribution in [2.45, 2.75) is 6.82 Å². The molecule has 0 spiro atoms. The van der Waals surface area contributed by atoms with Crippen molar-refractivity contribution in [3.8, 4) is 0 Å². The number of halogens is 1. The summed E-state index contributed by atoms with van der Waals surface area (Å²) in [5, 5.41) is 0. The Hall–Kier alpha value is 0.610. The van der Waals surface area contributed by atoms with E-state index in [1.165, 1.54) is 0 Å².